The van der Waals surface area contributed by atoms with Crippen molar-refractivity contribution in [2.24, 2.45) is 10.8 Å². The van der Waals surface area contributed by atoms with Crippen molar-refractivity contribution in [3.8, 4) is 11.1 Å². The predicted molar refractivity (Wildman–Crippen MR) is 111 cm³/mol. The van der Waals surface area contributed by atoms with Crippen LogP contribution in [-0.4, -0.2) is 15.9 Å². The number of halogens is 1. The molecule has 0 aliphatic carbocycles. The van der Waals surface area contributed by atoms with Crippen molar-refractivity contribution in [2.75, 3.05) is 5.32 Å². The second-order valence-corrected chi connectivity index (χ2v) is 6.21. The predicted octanol–water partition coefficient (Wildman–Crippen LogP) is 4.01. The lowest BCUT2D eigenvalue weighted by molar-refractivity contribution is 1.03. The number of hydrazone groups is 1. The van der Waals surface area contributed by atoms with E-state index in [2.05, 4.69) is 20.8 Å². The number of rotatable bonds is 4. The molecule has 0 amide bonds. The molecule has 1 heterocycles. The molecule has 2 aromatic carbocycles. The number of nitrogens with two attached hydrogens (primary N) is 1. The van der Waals surface area contributed by atoms with Gasteiger partial charge in [-0.1, -0.05) is 41.9 Å². The molecule has 3 rings (SSSR count). The number of hydrogen-bond donors (Lipinski definition) is 3. The van der Waals surface area contributed by atoms with Crippen LogP contribution in [0.3, 0.4) is 0 Å². The van der Waals surface area contributed by atoms with Gasteiger partial charge in [-0.2, -0.15) is 5.10 Å². The van der Waals surface area contributed by atoms with Gasteiger partial charge in [-0.3, -0.25) is 10.4 Å². The largest absolute Gasteiger partial charge is 0.380 e. The lowest BCUT2D eigenvalue weighted by Gasteiger charge is -2.08. The maximum atomic E-state index is 6.02. The van der Waals surface area contributed by atoms with Gasteiger partial charge in [0.05, 0.1) is 0 Å². The molecule has 5 nitrogen and oxygen atoms in total. The molecule has 1 aromatic heterocycles. The van der Waals surface area contributed by atoms with Gasteiger partial charge in [0.15, 0.2) is 10.9 Å². The molecule has 0 saturated carbocycles. The summed E-state index contributed by atoms with van der Waals surface area (Å²) in [7, 11) is 0. The molecular weight excluding hydrogens is 366 g/mol. The van der Waals surface area contributed by atoms with Gasteiger partial charge in [-0.05, 0) is 59.7 Å². The molecule has 3 aromatic rings. The van der Waals surface area contributed by atoms with Crippen molar-refractivity contribution in [1.29, 1.82) is 0 Å². The van der Waals surface area contributed by atoms with Crippen LogP contribution < -0.4 is 16.5 Å². The summed E-state index contributed by atoms with van der Waals surface area (Å²) < 4.78 is 0. The van der Waals surface area contributed by atoms with Crippen LogP contribution in [0.15, 0.2) is 78.0 Å². The fourth-order valence-corrected chi connectivity index (χ4v) is 2.53. The molecule has 0 bridgehead atoms. The van der Waals surface area contributed by atoms with Crippen molar-refractivity contribution >= 4 is 40.5 Å². The minimum atomic E-state index is 0.239. The third kappa shape index (κ3) is 4.78. The summed E-state index contributed by atoms with van der Waals surface area (Å²) in [5.74, 6) is 0.239. The Morgan fingerprint density at radius 1 is 1.00 bits per heavy atom. The number of aromatic nitrogens is 1. The van der Waals surface area contributed by atoms with Crippen molar-refractivity contribution in [1.82, 2.24) is 10.4 Å². The van der Waals surface area contributed by atoms with E-state index in [0.29, 0.717) is 15.8 Å². The number of anilines is 1. The van der Waals surface area contributed by atoms with Gasteiger partial charge in [-0.15, -0.1) is 0 Å². The Labute approximate surface area is 161 Å². The quantitative estimate of drug-likeness (QED) is 0.275. The molecule has 0 aliphatic rings. The van der Waals surface area contributed by atoms with Crippen LogP contribution in [0.25, 0.3) is 11.1 Å². The Balaban J connectivity index is 1.67. The fourth-order valence-electron chi connectivity index (χ4n) is 2.24. The van der Waals surface area contributed by atoms with Gasteiger partial charge < -0.3 is 11.1 Å². The number of hydrogen-bond acceptors (Lipinski definition) is 3. The molecule has 26 heavy (non-hydrogen) atoms. The summed E-state index contributed by atoms with van der Waals surface area (Å²) in [6.07, 6.45) is 1.70. The van der Waals surface area contributed by atoms with Crippen LogP contribution in [0.4, 0.5) is 5.69 Å². The molecule has 0 radical (unpaired) electrons. The second kappa shape index (κ2) is 8.42. The number of pyridine rings is 1. The molecule has 0 saturated heterocycles. The molecule has 0 fully saturated rings. The number of nitrogens with zero attached hydrogens (tertiary/aromatic N) is 2. The van der Waals surface area contributed by atoms with E-state index in [1.54, 1.807) is 18.3 Å². The van der Waals surface area contributed by atoms with Gasteiger partial charge in [0.1, 0.15) is 5.69 Å². The highest BCUT2D eigenvalue weighted by atomic mass is 35.5. The highest BCUT2D eigenvalue weighted by molar-refractivity contribution is 7.80. The smallest absolute Gasteiger partial charge is 0.191 e. The molecule has 7 heteroatoms. The average Bonchev–Trinajstić information content (AvgIpc) is 2.69. The van der Waals surface area contributed by atoms with E-state index in [0.717, 1.165) is 16.8 Å². The van der Waals surface area contributed by atoms with E-state index >= 15 is 0 Å². The minimum Gasteiger partial charge on any atom is -0.380 e. The number of benzene rings is 2. The maximum Gasteiger partial charge on any atom is 0.191 e. The summed E-state index contributed by atoms with van der Waals surface area (Å²) in [6.45, 7) is 0. The molecule has 0 spiro atoms. The van der Waals surface area contributed by atoms with Crippen LogP contribution in [-0.2, 0) is 0 Å². The van der Waals surface area contributed by atoms with Crippen LogP contribution in [0.5, 0.6) is 0 Å². The highest BCUT2D eigenvalue weighted by Crippen LogP contribution is 2.18. The molecule has 4 N–H and O–H groups in total. The summed E-state index contributed by atoms with van der Waals surface area (Å²) in [5.41, 5.74) is 12.2. The standard InChI is InChI=1S/C19H16ClN5S/c20-15-6-8-16(9-7-15)23-19(26)25-24-18(21)17-12-14(10-11-22-17)13-4-2-1-3-5-13/h1-12H,(H2,21,24)(H2,23,25,26). The fraction of sp³-hybridized carbons (Fsp3) is 0. The van der Waals surface area contributed by atoms with E-state index in [4.69, 9.17) is 29.6 Å². The second-order valence-electron chi connectivity index (χ2n) is 5.37. The zero-order valence-corrected chi connectivity index (χ0v) is 15.3. The summed E-state index contributed by atoms with van der Waals surface area (Å²) in [6, 6.07) is 20.9. The first-order chi connectivity index (χ1) is 12.6. The highest BCUT2D eigenvalue weighted by Gasteiger charge is 2.04. The molecule has 0 aliphatic heterocycles. The van der Waals surface area contributed by atoms with Gasteiger partial charge in [0.2, 0.25) is 0 Å². The number of amidine groups is 1. The Hall–Kier alpha value is -2.96. The van der Waals surface area contributed by atoms with Gasteiger partial charge in [-0.25, -0.2) is 0 Å². The van der Waals surface area contributed by atoms with Crippen LogP contribution in [0.1, 0.15) is 5.69 Å². The van der Waals surface area contributed by atoms with E-state index in [-0.39, 0.29) is 5.84 Å². The molecule has 0 unspecified atom stereocenters. The molecule has 0 atom stereocenters. The van der Waals surface area contributed by atoms with Crippen molar-refractivity contribution < 1.29 is 0 Å². The zero-order chi connectivity index (χ0) is 18.4. The summed E-state index contributed by atoms with van der Waals surface area (Å²) in [5, 5.41) is 8.05. The zero-order valence-electron chi connectivity index (χ0n) is 13.7. The Morgan fingerprint density at radius 3 is 2.46 bits per heavy atom. The van der Waals surface area contributed by atoms with Crippen molar-refractivity contribution in [3.63, 3.8) is 0 Å². The van der Waals surface area contributed by atoms with E-state index in [9.17, 15) is 0 Å². The number of nitrogens with one attached hydrogen (secondary N) is 2. The van der Waals surface area contributed by atoms with Crippen molar-refractivity contribution in [2.45, 2.75) is 0 Å². The third-order valence-corrected chi connectivity index (χ3v) is 3.95. The van der Waals surface area contributed by atoms with Gasteiger partial charge in [0.25, 0.3) is 0 Å². The summed E-state index contributed by atoms with van der Waals surface area (Å²) >= 11 is 11.1. The monoisotopic (exact) mass is 381 g/mol. The summed E-state index contributed by atoms with van der Waals surface area (Å²) in [4.78, 5) is 4.26. The normalized spacial score (nSPS) is 11.0. The van der Waals surface area contributed by atoms with E-state index in [1.165, 1.54) is 0 Å². The first-order valence-corrected chi connectivity index (χ1v) is 8.58. The van der Waals surface area contributed by atoms with Crippen molar-refractivity contribution in [3.05, 3.63) is 83.6 Å². The van der Waals surface area contributed by atoms with E-state index < -0.39 is 0 Å². The van der Waals surface area contributed by atoms with Gasteiger partial charge in [0, 0.05) is 16.9 Å². The Morgan fingerprint density at radius 2 is 1.73 bits per heavy atom. The van der Waals surface area contributed by atoms with Crippen LogP contribution in [0, 0.1) is 0 Å². The third-order valence-electron chi connectivity index (χ3n) is 3.51. The lowest BCUT2D eigenvalue weighted by Crippen LogP contribution is -2.28. The first-order valence-electron chi connectivity index (χ1n) is 7.79. The minimum absolute atomic E-state index is 0.239. The first kappa shape index (κ1) is 17.8. The SMILES string of the molecule is N/C(=N\NC(=S)Nc1ccc(Cl)cc1)c1cc(-c2ccccc2)ccn1. The van der Waals surface area contributed by atoms with Gasteiger partial charge >= 0.3 is 0 Å². The molecular formula is C19H16ClN5S. The van der Waals surface area contributed by atoms with Crippen LogP contribution in [0.2, 0.25) is 5.02 Å². The average molecular weight is 382 g/mol. The maximum absolute atomic E-state index is 6.02. The Bertz CT molecular complexity index is 926. The molecule has 130 valence electrons. The lowest BCUT2D eigenvalue weighted by atomic mass is 10.1. The van der Waals surface area contributed by atoms with E-state index in [1.807, 2.05) is 54.6 Å². The Kier molecular flexibility index (Phi) is 5.78. The number of thiocarbonyl (C=S) groups is 1. The topological polar surface area (TPSA) is 75.3 Å². The van der Waals surface area contributed by atoms with Crippen LogP contribution >= 0.6 is 23.8 Å².